The largest absolute Gasteiger partial charge is 0.493 e. The summed E-state index contributed by atoms with van der Waals surface area (Å²) in [5, 5.41) is 9.30. The fourth-order valence-corrected chi connectivity index (χ4v) is 4.12. The molecule has 1 aromatic carbocycles. The average molecular weight is 366 g/mol. The van der Waals surface area contributed by atoms with Crippen molar-refractivity contribution in [2.24, 2.45) is 10.8 Å². The van der Waals surface area contributed by atoms with E-state index in [1.807, 2.05) is 6.07 Å². The Balaban J connectivity index is 1.94. The Morgan fingerprint density at radius 3 is 2.31 bits per heavy atom. The maximum absolute atomic E-state index is 14.7. The maximum atomic E-state index is 14.7. The number of hydrogen-bond donors (Lipinski definition) is 0. The van der Waals surface area contributed by atoms with E-state index in [1.54, 1.807) is 13.0 Å². The first-order chi connectivity index (χ1) is 12.1. The number of alkyl halides is 4. The smallest absolute Gasteiger partial charge is 0.319 e. The van der Waals surface area contributed by atoms with E-state index < -0.39 is 29.3 Å². The van der Waals surface area contributed by atoms with Gasteiger partial charge < -0.3 is 4.74 Å². The van der Waals surface area contributed by atoms with Crippen molar-refractivity contribution in [2.75, 3.05) is 6.61 Å². The lowest BCUT2D eigenvalue weighted by Gasteiger charge is -2.59. The van der Waals surface area contributed by atoms with E-state index in [2.05, 4.69) is 4.85 Å². The molecule has 0 aromatic heterocycles. The Labute approximate surface area is 149 Å². The standard InChI is InChI=1S/C19H18F4N2O/c1-12-4-5-14(13(10-24)15(12)25-3)26-11-17-8-6-16(2,7-9-17)18(20,21)19(17,22)23/h4-5H,6-9,11H2,1-2H3. The molecule has 7 heteroatoms. The van der Waals surface area contributed by atoms with Gasteiger partial charge in [-0.25, -0.2) is 4.85 Å². The molecule has 0 spiro atoms. The minimum Gasteiger partial charge on any atom is -0.493 e. The van der Waals surface area contributed by atoms with Crippen LogP contribution >= 0.6 is 0 Å². The molecule has 4 rings (SSSR count). The third-order valence-electron chi connectivity index (χ3n) is 6.20. The van der Waals surface area contributed by atoms with Crippen LogP contribution in [-0.2, 0) is 0 Å². The summed E-state index contributed by atoms with van der Waals surface area (Å²) in [4.78, 5) is 3.28. The van der Waals surface area contributed by atoms with E-state index in [4.69, 9.17) is 11.3 Å². The zero-order chi connectivity index (χ0) is 19.4. The average Bonchev–Trinajstić information content (AvgIpc) is 2.60. The van der Waals surface area contributed by atoms with Gasteiger partial charge >= 0.3 is 11.8 Å². The Hall–Kier alpha value is -2.28. The highest BCUT2D eigenvalue weighted by atomic mass is 19.3. The molecule has 0 heterocycles. The molecule has 3 nitrogen and oxygen atoms in total. The summed E-state index contributed by atoms with van der Waals surface area (Å²) in [6, 6.07) is 4.82. The molecule has 0 unspecified atom stereocenters. The molecule has 0 aliphatic heterocycles. The van der Waals surface area contributed by atoms with Crippen LogP contribution in [0.15, 0.2) is 12.1 Å². The molecular weight excluding hydrogens is 348 g/mol. The molecule has 138 valence electrons. The summed E-state index contributed by atoms with van der Waals surface area (Å²) < 4.78 is 63.8. The van der Waals surface area contributed by atoms with Crippen molar-refractivity contribution in [1.82, 2.24) is 0 Å². The summed E-state index contributed by atoms with van der Waals surface area (Å²) in [5.74, 6) is -8.31. The number of benzene rings is 1. The van der Waals surface area contributed by atoms with Gasteiger partial charge in [-0.1, -0.05) is 13.0 Å². The quantitative estimate of drug-likeness (QED) is 0.512. The molecule has 3 fully saturated rings. The van der Waals surface area contributed by atoms with Crippen LogP contribution in [0.2, 0.25) is 0 Å². The van der Waals surface area contributed by atoms with E-state index in [0.29, 0.717) is 5.56 Å². The number of hydrogen-bond acceptors (Lipinski definition) is 2. The monoisotopic (exact) mass is 366 g/mol. The predicted octanol–water partition coefficient (Wildman–Crippen LogP) is 5.65. The Kier molecular flexibility index (Phi) is 3.99. The topological polar surface area (TPSA) is 37.4 Å². The van der Waals surface area contributed by atoms with Crippen molar-refractivity contribution in [3.8, 4) is 11.8 Å². The Morgan fingerprint density at radius 2 is 1.77 bits per heavy atom. The molecule has 3 saturated carbocycles. The maximum Gasteiger partial charge on any atom is 0.319 e. The van der Waals surface area contributed by atoms with Crippen molar-refractivity contribution in [3.05, 3.63) is 34.7 Å². The number of halogens is 4. The molecule has 0 saturated heterocycles. The summed E-state index contributed by atoms with van der Waals surface area (Å²) in [5.41, 5.74) is -3.08. The summed E-state index contributed by atoms with van der Waals surface area (Å²) in [6.07, 6.45) is -0.110. The van der Waals surface area contributed by atoms with Crippen LogP contribution in [0, 0.1) is 35.7 Å². The van der Waals surface area contributed by atoms with E-state index in [1.165, 1.54) is 13.0 Å². The molecule has 3 aliphatic rings. The van der Waals surface area contributed by atoms with Crippen LogP contribution in [0.5, 0.6) is 5.75 Å². The molecule has 2 bridgehead atoms. The molecular formula is C19H18F4N2O. The van der Waals surface area contributed by atoms with E-state index in [9.17, 15) is 22.8 Å². The van der Waals surface area contributed by atoms with Gasteiger partial charge in [-0.15, -0.1) is 0 Å². The highest BCUT2D eigenvalue weighted by Gasteiger charge is 2.80. The Morgan fingerprint density at radius 1 is 1.15 bits per heavy atom. The summed E-state index contributed by atoms with van der Waals surface area (Å²) >= 11 is 0. The number of ether oxygens (including phenoxy) is 1. The van der Waals surface area contributed by atoms with Gasteiger partial charge in [0.25, 0.3) is 0 Å². The van der Waals surface area contributed by atoms with Crippen molar-refractivity contribution < 1.29 is 22.3 Å². The minimum atomic E-state index is -4.19. The van der Waals surface area contributed by atoms with Crippen LogP contribution in [0.25, 0.3) is 4.85 Å². The van der Waals surface area contributed by atoms with Gasteiger partial charge in [-0.2, -0.15) is 22.8 Å². The van der Waals surface area contributed by atoms with Gasteiger partial charge in [-0.05, 0) is 44.2 Å². The van der Waals surface area contributed by atoms with Gasteiger partial charge in [0.1, 0.15) is 11.3 Å². The molecule has 3 aliphatic carbocycles. The fourth-order valence-electron chi connectivity index (χ4n) is 4.12. The van der Waals surface area contributed by atoms with Gasteiger partial charge in [0, 0.05) is 5.41 Å². The van der Waals surface area contributed by atoms with Crippen molar-refractivity contribution in [1.29, 1.82) is 5.26 Å². The first-order valence-electron chi connectivity index (χ1n) is 8.35. The summed E-state index contributed by atoms with van der Waals surface area (Å²) in [7, 11) is 0. The molecule has 1 aromatic rings. The second-order valence-electron chi connectivity index (χ2n) is 7.61. The number of nitriles is 1. The first kappa shape index (κ1) is 18.5. The minimum absolute atomic E-state index is 0.00522. The highest BCUT2D eigenvalue weighted by molar-refractivity contribution is 5.68. The van der Waals surface area contributed by atoms with E-state index >= 15 is 0 Å². The molecule has 0 N–H and O–H groups in total. The number of nitrogens with zero attached hydrogens (tertiary/aromatic N) is 2. The van der Waals surface area contributed by atoms with Crippen LogP contribution in [0.1, 0.15) is 43.7 Å². The van der Waals surface area contributed by atoms with Crippen molar-refractivity contribution >= 4 is 5.69 Å². The van der Waals surface area contributed by atoms with Crippen LogP contribution in [0.3, 0.4) is 0 Å². The lowest BCUT2D eigenvalue weighted by Crippen LogP contribution is -2.70. The molecule has 0 atom stereocenters. The van der Waals surface area contributed by atoms with Gasteiger partial charge in [-0.3, -0.25) is 0 Å². The van der Waals surface area contributed by atoms with Crippen molar-refractivity contribution in [2.45, 2.75) is 51.4 Å². The number of fused-ring (bicyclic) bond motifs is 3. The third kappa shape index (κ3) is 2.16. The van der Waals surface area contributed by atoms with Gasteiger partial charge in [0.05, 0.1) is 24.7 Å². The Bertz CT molecular complexity index is 827. The van der Waals surface area contributed by atoms with E-state index in [-0.39, 0.29) is 42.7 Å². The normalized spacial score (nSPS) is 31.1. The van der Waals surface area contributed by atoms with Crippen molar-refractivity contribution in [3.63, 3.8) is 0 Å². The second-order valence-corrected chi connectivity index (χ2v) is 7.61. The highest BCUT2D eigenvalue weighted by Crippen LogP contribution is 2.70. The predicted molar refractivity (Wildman–Crippen MR) is 86.6 cm³/mol. The second kappa shape index (κ2) is 5.61. The van der Waals surface area contributed by atoms with Gasteiger partial charge in [0.15, 0.2) is 0 Å². The molecule has 26 heavy (non-hydrogen) atoms. The number of rotatable bonds is 3. The van der Waals surface area contributed by atoms with Crippen LogP contribution in [0.4, 0.5) is 23.2 Å². The molecule has 0 radical (unpaired) electrons. The fraction of sp³-hybridized carbons (Fsp3) is 0.579. The SMILES string of the molecule is [C-]#[N+]c1c(C)ccc(OCC23CCC(C)(CC2)C(F)(F)C3(F)F)c1C#N. The van der Waals surface area contributed by atoms with Crippen LogP contribution < -0.4 is 4.74 Å². The van der Waals surface area contributed by atoms with Crippen LogP contribution in [-0.4, -0.2) is 18.5 Å². The zero-order valence-corrected chi connectivity index (χ0v) is 14.5. The zero-order valence-electron chi connectivity index (χ0n) is 14.5. The number of aryl methyl sites for hydroxylation is 1. The molecule has 0 amide bonds. The lowest BCUT2D eigenvalue weighted by molar-refractivity contribution is -0.367. The lowest BCUT2D eigenvalue weighted by atomic mass is 9.50. The summed E-state index contributed by atoms with van der Waals surface area (Å²) in [6.45, 7) is 9.43. The van der Waals surface area contributed by atoms with Gasteiger partial charge in [0.2, 0.25) is 5.69 Å². The third-order valence-corrected chi connectivity index (χ3v) is 6.20. The van der Waals surface area contributed by atoms with E-state index in [0.717, 1.165) is 0 Å². The first-order valence-corrected chi connectivity index (χ1v) is 8.35.